The number of hydrogen-bond donors (Lipinski definition) is 0. The van der Waals surface area contributed by atoms with Crippen molar-refractivity contribution in [3.05, 3.63) is 139 Å². The molecule has 0 spiro atoms. The van der Waals surface area contributed by atoms with E-state index < -0.39 is 8.07 Å². The first kappa shape index (κ1) is 33.6. The van der Waals surface area contributed by atoms with E-state index in [0.717, 1.165) is 42.7 Å². The molecule has 2 nitrogen and oxygen atoms in total. The van der Waals surface area contributed by atoms with E-state index in [0.29, 0.717) is 5.92 Å². The Morgan fingerprint density at radius 2 is 1.54 bits per heavy atom. The zero-order valence-corrected chi connectivity index (χ0v) is 30.8. The van der Waals surface area contributed by atoms with Crippen molar-refractivity contribution in [2.24, 2.45) is 0 Å². The van der Waals surface area contributed by atoms with Crippen molar-refractivity contribution < 1.29 is 24.5 Å². The fraction of sp³-hybridized carbons (Fsp3) is 0.150. The minimum absolute atomic E-state index is 0. The molecular weight excluding hydrogens is 780 g/mol. The van der Waals surface area contributed by atoms with Gasteiger partial charge in [-0.3, -0.25) is 0 Å². The molecule has 0 unspecified atom stereocenters. The largest absolute Gasteiger partial charge is 0.305 e. The minimum Gasteiger partial charge on any atom is -0.305 e. The van der Waals surface area contributed by atoms with Crippen LogP contribution >= 0.6 is 11.3 Å². The molecule has 6 heteroatoms. The van der Waals surface area contributed by atoms with Crippen LogP contribution in [0.2, 0.25) is 19.6 Å². The number of thiophene rings is 1. The normalized spacial score (nSPS) is 11.3. The van der Waals surface area contributed by atoms with Gasteiger partial charge in [0.25, 0.3) is 0 Å². The Labute approximate surface area is 289 Å². The van der Waals surface area contributed by atoms with Crippen molar-refractivity contribution >= 4 is 44.8 Å². The number of pyridine rings is 2. The van der Waals surface area contributed by atoms with Gasteiger partial charge >= 0.3 is 0 Å². The molecule has 0 aliphatic heterocycles. The summed E-state index contributed by atoms with van der Waals surface area (Å²) in [6, 6.07) is 40.5. The van der Waals surface area contributed by atoms with Gasteiger partial charge in [-0.2, -0.15) is 11.3 Å². The molecule has 0 aliphatic carbocycles. The van der Waals surface area contributed by atoms with Gasteiger partial charge in [-0.05, 0) is 68.0 Å². The van der Waals surface area contributed by atoms with E-state index in [-0.39, 0.29) is 25.9 Å². The van der Waals surface area contributed by atoms with E-state index in [2.05, 4.69) is 111 Å². The van der Waals surface area contributed by atoms with E-state index in [9.17, 15) is 4.39 Å². The Morgan fingerprint density at radius 1 is 0.761 bits per heavy atom. The van der Waals surface area contributed by atoms with Gasteiger partial charge in [-0.25, -0.2) is 4.39 Å². The van der Waals surface area contributed by atoms with Gasteiger partial charge < -0.3 is 9.97 Å². The minimum atomic E-state index is -1.46. The van der Waals surface area contributed by atoms with Crippen LogP contribution in [0.1, 0.15) is 25.3 Å². The molecule has 46 heavy (non-hydrogen) atoms. The van der Waals surface area contributed by atoms with Crippen molar-refractivity contribution in [3.63, 3.8) is 0 Å². The van der Waals surface area contributed by atoms with Crippen molar-refractivity contribution in [1.82, 2.24) is 9.97 Å². The second kappa shape index (κ2) is 14.3. The molecule has 3 heterocycles. The van der Waals surface area contributed by atoms with E-state index in [1.54, 1.807) is 17.4 Å². The van der Waals surface area contributed by atoms with Crippen LogP contribution in [0.4, 0.5) is 4.39 Å². The van der Waals surface area contributed by atoms with Gasteiger partial charge in [0.15, 0.2) is 0 Å². The van der Waals surface area contributed by atoms with Gasteiger partial charge in [-0.1, -0.05) is 86.9 Å². The zero-order chi connectivity index (χ0) is 31.6. The Hall–Kier alpha value is -3.80. The fourth-order valence-corrected chi connectivity index (χ4v) is 8.12. The van der Waals surface area contributed by atoms with Crippen LogP contribution in [0.5, 0.6) is 0 Å². The third-order valence-corrected chi connectivity index (χ3v) is 11.1. The monoisotopic (exact) mass is 815 g/mol. The van der Waals surface area contributed by atoms with E-state index in [4.69, 9.17) is 4.98 Å². The van der Waals surface area contributed by atoms with Crippen LogP contribution in [0.3, 0.4) is 0 Å². The topological polar surface area (TPSA) is 25.8 Å². The summed E-state index contributed by atoms with van der Waals surface area (Å²) in [5.74, 6) is 0.249. The summed E-state index contributed by atoms with van der Waals surface area (Å²) in [6.07, 6.45) is 3.93. The molecule has 3 aromatic heterocycles. The van der Waals surface area contributed by atoms with Crippen molar-refractivity contribution in [1.29, 1.82) is 0 Å². The quantitative estimate of drug-likeness (QED) is 0.128. The maximum absolute atomic E-state index is 13.6. The van der Waals surface area contributed by atoms with Crippen molar-refractivity contribution in [2.45, 2.75) is 39.4 Å². The van der Waals surface area contributed by atoms with Crippen LogP contribution in [-0.2, 0) is 20.1 Å². The Balaban J connectivity index is 0.000000178. The molecule has 4 aromatic carbocycles. The van der Waals surface area contributed by atoms with Crippen LogP contribution in [0, 0.1) is 17.9 Å². The van der Waals surface area contributed by atoms with E-state index >= 15 is 0 Å². The van der Waals surface area contributed by atoms with Crippen LogP contribution in [0.25, 0.3) is 53.8 Å². The van der Waals surface area contributed by atoms with Crippen LogP contribution in [0.15, 0.2) is 116 Å². The molecule has 7 aromatic rings. The van der Waals surface area contributed by atoms with Gasteiger partial charge in [0.2, 0.25) is 0 Å². The Bertz CT molecular complexity index is 2090. The number of fused-ring (bicyclic) bond motifs is 3. The molecule has 1 radical (unpaired) electrons. The Morgan fingerprint density at radius 3 is 2.26 bits per heavy atom. The molecule has 0 atom stereocenters. The van der Waals surface area contributed by atoms with Crippen LogP contribution in [-0.4, -0.2) is 18.0 Å². The first-order valence-electron chi connectivity index (χ1n) is 15.2. The fourth-order valence-electron chi connectivity index (χ4n) is 5.46. The second-order valence-electron chi connectivity index (χ2n) is 12.5. The van der Waals surface area contributed by atoms with E-state index in [1.165, 1.54) is 27.9 Å². The molecule has 7 rings (SSSR count). The Kier molecular flexibility index (Phi) is 10.4. The number of nitrogens with zero attached hydrogens (tertiary/aromatic N) is 2. The molecule has 0 saturated heterocycles. The molecule has 0 fully saturated rings. The van der Waals surface area contributed by atoms with Crippen molar-refractivity contribution in [3.8, 4) is 33.6 Å². The first-order chi connectivity index (χ1) is 21.7. The van der Waals surface area contributed by atoms with Gasteiger partial charge in [0.1, 0.15) is 5.82 Å². The maximum Gasteiger partial charge on any atom is 0.123 e. The average Bonchev–Trinajstić information content (AvgIpc) is 3.43. The van der Waals surface area contributed by atoms with E-state index in [1.807, 2.05) is 42.6 Å². The number of halogens is 1. The molecule has 0 amide bonds. The summed E-state index contributed by atoms with van der Waals surface area (Å²) in [6.45, 7) is 11.4. The summed E-state index contributed by atoms with van der Waals surface area (Å²) in [7, 11) is -1.46. The SMILES string of the molecule is CC(C)c1ccnc(-c2[c-]ccc3c2sc2ccc(F)cc23)c1.C[Si](C)(C)c1cnc(-c2[c-]cccc2)cc1-c1ccccc1.[Ir]. The number of aromatic nitrogens is 2. The summed E-state index contributed by atoms with van der Waals surface area (Å²) in [5, 5.41) is 3.42. The third-order valence-electron chi connectivity index (χ3n) is 7.88. The number of rotatable bonds is 5. The average molecular weight is 815 g/mol. The van der Waals surface area contributed by atoms with Crippen molar-refractivity contribution in [2.75, 3.05) is 0 Å². The summed E-state index contributed by atoms with van der Waals surface area (Å²) in [4.78, 5) is 9.24. The molecule has 0 N–H and O–H groups in total. The molecule has 233 valence electrons. The third kappa shape index (κ3) is 7.27. The molecule has 0 saturated carbocycles. The number of benzene rings is 4. The maximum atomic E-state index is 13.6. The summed E-state index contributed by atoms with van der Waals surface area (Å²) < 4.78 is 15.8. The van der Waals surface area contributed by atoms with Gasteiger partial charge in [-0.15, -0.1) is 59.7 Å². The molecular formula is C40H35FIrN2SSi-2. The smallest absolute Gasteiger partial charge is 0.123 e. The molecule has 0 aliphatic rings. The van der Waals surface area contributed by atoms with Crippen LogP contribution < -0.4 is 5.19 Å². The summed E-state index contributed by atoms with van der Waals surface area (Å²) in [5.41, 5.74) is 7.78. The second-order valence-corrected chi connectivity index (χ2v) is 18.6. The summed E-state index contributed by atoms with van der Waals surface area (Å²) >= 11 is 1.67. The zero-order valence-electron chi connectivity index (χ0n) is 26.6. The predicted molar refractivity (Wildman–Crippen MR) is 192 cm³/mol. The first-order valence-corrected chi connectivity index (χ1v) is 19.5. The van der Waals surface area contributed by atoms with Gasteiger partial charge in [0.05, 0.1) is 8.07 Å². The standard InChI is InChI=1S/C20H15FNS.C20H20NSi.Ir/c1-12(2)13-8-9-22-18(10-13)16-5-3-4-15-17-11-14(21)6-7-19(17)23-20(15)16;1-22(2,3)20-15-21-19(17-12-8-5-9-13-17)14-18(20)16-10-6-4-7-11-16;/h3-4,6-12H,1-2H3;4-12,14-15H,1-3H3;/q2*-1;. The van der Waals surface area contributed by atoms with Gasteiger partial charge in [0, 0.05) is 37.2 Å². The predicted octanol–water partition coefficient (Wildman–Crippen LogP) is 10.9. The number of hydrogen-bond acceptors (Lipinski definition) is 3. The molecule has 0 bridgehead atoms.